The van der Waals surface area contributed by atoms with E-state index in [1.807, 2.05) is 25.3 Å². The third kappa shape index (κ3) is 2.21. The van der Waals surface area contributed by atoms with Gasteiger partial charge in [0, 0.05) is 10.3 Å². The minimum Gasteiger partial charge on any atom is -0.375 e. The maximum atomic E-state index is 4.60. The van der Waals surface area contributed by atoms with Gasteiger partial charge in [-0.25, -0.2) is 4.98 Å². The van der Waals surface area contributed by atoms with Gasteiger partial charge in [-0.15, -0.1) is 11.3 Å². The lowest BCUT2D eigenvalue weighted by molar-refractivity contribution is 0.838. The number of thiazole rings is 1. The molecule has 2 N–H and O–H groups in total. The molecule has 0 aliphatic heterocycles. The third-order valence-electron chi connectivity index (χ3n) is 3.20. The number of nitrogens with zero attached hydrogens (tertiary/aromatic N) is 2. The Morgan fingerprint density at radius 3 is 2.89 bits per heavy atom. The van der Waals surface area contributed by atoms with Crippen LogP contribution in [0.2, 0.25) is 0 Å². The Kier molecular flexibility index (Phi) is 2.98. The minimum absolute atomic E-state index is 0.179. The van der Waals surface area contributed by atoms with Crippen LogP contribution >= 0.6 is 11.3 Å². The van der Waals surface area contributed by atoms with E-state index in [4.69, 9.17) is 0 Å². The van der Waals surface area contributed by atoms with Crippen molar-refractivity contribution in [2.75, 3.05) is 5.32 Å². The SMILES string of the molecule is Cc1nc(C(C)Nc2cccc3cn[nH]c23)c(C)s1. The minimum atomic E-state index is 0.179. The summed E-state index contributed by atoms with van der Waals surface area (Å²) in [6.07, 6.45) is 1.84. The molecule has 3 rings (SSSR count). The summed E-state index contributed by atoms with van der Waals surface area (Å²) in [6, 6.07) is 6.32. The van der Waals surface area contributed by atoms with Crippen LogP contribution in [0.25, 0.3) is 10.9 Å². The number of aromatic nitrogens is 3. The lowest BCUT2D eigenvalue weighted by Crippen LogP contribution is -2.08. The Morgan fingerprint density at radius 1 is 1.32 bits per heavy atom. The van der Waals surface area contributed by atoms with Gasteiger partial charge in [-0.1, -0.05) is 12.1 Å². The highest BCUT2D eigenvalue weighted by molar-refractivity contribution is 7.11. The van der Waals surface area contributed by atoms with Crippen molar-refractivity contribution in [3.8, 4) is 0 Å². The number of hydrogen-bond donors (Lipinski definition) is 2. The molecule has 4 nitrogen and oxygen atoms in total. The first-order valence-corrected chi connectivity index (χ1v) is 7.09. The van der Waals surface area contributed by atoms with Crippen LogP contribution in [0.1, 0.15) is 28.5 Å². The van der Waals surface area contributed by atoms with Crippen molar-refractivity contribution in [3.63, 3.8) is 0 Å². The Balaban J connectivity index is 1.92. The molecule has 1 unspecified atom stereocenters. The van der Waals surface area contributed by atoms with Crippen molar-refractivity contribution in [2.24, 2.45) is 0 Å². The average Bonchev–Trinajstić information content (AvgIpc) is 2.96. The molecule has 0 saturated heterocycles. The van der Waals surface area contributed by atoms with E-state index in [1.165, 1.54) is 4.88 Å². The number of para-hydroxylation sites is 1. The molecule has 2 heterocycles. The van der Waals surface area contributed by atoms with Crippen molar-refractivity contribution < 1.29 is 0 Å². The van der Waals surface area contributed by atoms with Crippen molar-refractivity contribution >= 4 is 27.9 Å². The lowest BCUT2D eigenvalue weighted by Gasteiger charge is -2.14. The second kappa shape index (κ2) is 4.66. The van der Waals surface area contributed by atoms with E-state index in [0.29, 0.717) is 0 Å². The highest BCUT2D eigenvalue weighted by Gasteiger charge is 2.14. The van der Waals surface area contributed by atoms with Gasteiger partial charge in [-0.3, -0.25) is 5.10 Å². The summed E-state index contributed by atoms with van der Waals surface area (Å²) in [7, 11) is 0. The molecule has 0 radical (unpaired) electrons. The van der Waals surface area contributed by atoms with E-state index in [2.05, 4.69) is 40.4 Å². The van der Waals surface area contributed by atoms with Crippen LogP contribution < -0.4 is 5.32 Å². The van der Waals surface area contributed by atoms with Gasteiger partial charge in [0.15, 0.2) is 0 Å². The first-order chi connectivity index (χ1) is 9.15. The van der Waals surface area contributed by atoms with E-state index >= 15 is 0 Å². The molecule has 3 aromatic rings. The first kappa shape index (κ1) is 12.2. The molecule has 5 heteroatoms. The molecular formula is C14H16N4S. The number of aryl methyl sites for hydroxylation is 2. The fourth-order valence-electron chi connectivity index (χ4n) is 2.34. The monoisotopic (exact) mass is 272 g/mol. The molecule has 1 atom stereocenters. The van der Waals surface area contributed by atoms with Gasteiger partial charge in [-0.2, -0.15) is 5.10 Å². The van der Waals surface area contributed by atoms with E-state index in [9.17, 15) is 0 Å². The van der Waals surface area contributed by atoms with Crippen LogP contribution in [0.5, 0.6) is 0 Å². The quantitative estimate of drug-likeness (QED) is 0.762. The Labute approximate surface area is 115 Å². The van der Waals surface area contributed by atoms with Crippen LogP contribution in [0.3, 0.4) is 0 Å². The highest BCUT2D eigenvalue weighted by Crippen LogP contribution is 2.28. The normalized spacial score (nSPS) is 12.8. The predicted octanol–water partition coefficient (Wildman–Crippen LogP) is 3.81. The molecule has 0 spiro atoms. The molecule has 0 bridgehead atoms. The maximum absolute atomic E-state index is 4.60. The maximum Gasteiger partial charge on any atom is 0.0901 e. The number of H-pyrrole nitrogens is 1. The van der Waals surface area contributed by atoms with Gasteiger partial charge < -0.3 is 5.32 Å². The van der Waals surface area contributed by atoms with E-state index in [1.54, 1.807) is 11.3 Å². The smallest absolute Gasteiger partial charge is 0.0901 e. The molecular weight excluding hydrogens is 256 g/mol. The molecule has 98 valence electrons. The molecule has 1 aromatic carbocycles. The summed E-state index contributed by atoms with van der Waals surface area (Å²) in [5.41, 5.74) is 3.23. The van der Waals surface area contributed by atoms with Crippen LogP contribution in [0, 0.1) is 13.8 Å². The first-order valence-electron chi connectivity index (χ1n) is 6.27. The van der Waals surface area contributed by atoms with Crippen molar-refractivity contribution in [1.29, 1.82) is 0 Å². The van der Waals surface area contributed by atoms with Crippen molar-refractivity contribution in [1.82, 2.24) is 15.2 Å². The molecule has 0 saturated carbocycles. The second-order valence-corrected chi connectivity index (χ2v) is 6.09. The molecule has 0 amide bonds. The highest BCUT2D eigenvalue weighted by atomic mass is 32.1. The number of benzene rings is 1. The molecule has 0 aliphatic rings. The number of anilines is 1. The number of aromatic amines is 1. The van der Waals surface area contributed by atoms with Crippen LogP contribution in [0.4, 0.5) is 5.69 Å². The zero-order valence-corrected chi connectivity index (χ0v) is 12.0. The fourth-order valence-corrected chi connectivity index (χ4v) is 3.25. The summed E-state index contributed by atoms with van der Waals surface area (Å²) < 4.78 is 0. The topological polar surface area (TPSA) is 53.6 Å². The zero-order valence-electron chi connectivity index (χ0n) is 11.2. The number of hydrogen-bond acceptors (Lipinski definition) is 4. The van der Waals surface area contributed by atoms with E-state index in [-0.39, 0.29) is 6.04 Å². The fraction of sp³-hybridized carbons (Fsp3) is 0.286. The van der Waals surface area contributed by atoms with Crippen molar-refractivity contribution in [3.05, 3.63) is 40.0 Å². The van der Waals surface area contributed by atoms with Crippen molar-refractivity contribution in [2.45, 2.75) is 26.8 Å². The summed E-state index contributed by atoms with van der Waals surface area (Å²) in [4.78, 5) is 5.88. The summed E-state index contributed by atoms with van der Waals surface area (Å²) in [6.45, 7) is 6.30. The standard InChI is InChI=1S/C14H16N4S/c1-8(13-9(2)19-10(3)17-13)16-12-6-4-5-11-7-15-18-14(11)12/h4-8,16H,1-3H3,(H,15,18). The third-order valence-corrected chi connectivity index (χ3v) is 4.10. The van der Waals surface area contributed by atoms with Gasteiger partial charge in [0.1, 0.15) is 0 Å². The predicted molar refractivity (Wildman–Crippen MR) is 79.7 cm³/mol. The van der Waals surface area contributed by atoms with Gasteiger partial charge in [0.25, 0.3) is 0 Å². The van der Waals surface area contributed by atoms with Gasteiger partial charge >= 0.3 is 0 Å². The van der Waals surface area contributed by atoms with Gasteiger partial charge in [-0.05, 0) is 26.8 Å². The second-order valence-electron chi connectivity index (χ2n) is 4.68. The molecule has 19 heavy (non-hydrogen) atoms. The average molecular weight is 272 g/mol. The number of rotatable bonds is 3. The molecule has 2 aromatic heterocycles. The Bertz CT molecular complexity index is 713. The van der Waals surface area contributed by atoms with Crippen LogP contribution in [-0.4, -0.2) is 15.2 Å². The van der Waals surface area contributed by atoms with Crippen LogP contribution in [-0.2, 0) is 0 Å². The summed E-state index contributed by atoms with van der Waals surface area (Å²) in [5, 5.41) is 12.9. The Hall–Kier alpha value is -1.88. The largest absolute Gasteiger partial charge is 0.375 e. The van der Waals surface area contributed by atoms with E-state index < -0.39 is 0 Å². The van der Waals surface area contributed by atoms with E-state index in [0.717, 1.165) is 27.3 Å². The lowest BCUT2D eigenvalue weighted by atomic mass is 10.1. The van der Waals surface area contributed by atoms with Gasteiger partial charge in [0.2, 0.25) is 0 Å². The molecule has 0 aliphatic carbocycles. The number of fused-ring (bicyclic) bond motifs is 1. The van der Waals surface area contributed by atoms with Gasteiger partial charge in [0.05, 0.1) is 34.1 Å². The van der Waals surface area contributed by atoms with Crippen LogP contribution in [0.15, 0.2) is 24.4 Å². The Morgan fingerprint density at radius 2 is 2.16 bits per heavy atom. The molecule has 0 fully saturated rings. The summed E-state index contributed by atoms with van der Waals surface area (Å²) >= 11 is 1.74. The number of nitrogens with one attached hydrogen (secondary N) is 2. The summed E-state index contributed by atoms with van der Waals surface area (Å²) in [5.74, 6) is 0. The zero-order chi connectivity index (χ0) is 13.4.